The molecule has 0 bridgehead atoms. The van der Waals surface area contributed by atoms with Crippen LogP contribution in [0.1, 0.15) is 6.92 Å². The first-order chi connectivity index (χ1) is 9.54. The number of hydrogen-bond acceptors (Lipinski definition) is 4. The summed E-state index contributed by atoms with van der Waals surface area (Å²) >= 11 is 5.25. The van der Waals surface area contributed by atoms with Crippen molar-refractivity contribution in [2.24, 2.45) is 0 Å². The largest absolute Gasteiger partial charge is 0.381 e. The molecule has 20 heavy (non-hydrogen) atoms. The van der Waals surface area contributed by atoms with Gasteiger partial charge in [-0.05, 0) is 31.3 Å². The molecule has 0 fully saturated rings. The number of anilines is 2. The van der Waals surface area contributed by atoms with Gasteiger partial charge in [-0.2, -0.15) is 4.98 Å². The van der Waals surface area contributed by atoms with Gasteiger partial charge in [0.25, 0.3) is 0 Å². The van der Waals surface area contributed by atoms with E-state index in [1.807, 2.05) is 37.3 Å². The van der Waals surface area contributed by atoms with Crippen LogP contribution in [0.5, 0.6) is 0 Å². The Hall–Kier alpha value is -2.28. The molecule has 0 aliphatic heterocycles. The van der Waals surface area contributed by atoms with Crippen molar-refractivity contribution in [1.82, 2.24) is 9.55 Å². The molecule has 5 nitrogen and oxygen atoms in total. The lowest BCUT2D eigenvalue weighted by molar-refractivity contribution is 0.610. The van der Waals surface area contributed by atoms with E-state index in [-0.39, 0.29) is 5.11 Å². The van der Waals surface area contributed by atoms with Gasteiger partial charge in [0.15, 0.2) is 16.7 Å². The first-order valence-electron chi connectivity index (χ1n) is 5.96. The lowest BCUT2D eigenvalue weighted by atomic mass is 10.3. The lowest BCUT2D eigenvalue weighted by Crippen LogP contribution is -2.41. The number of hydrogen-bond donors (Lipinski definition) is 1. The molecule has 1 aromatic heterocycles. The Morgan fingerprint density at radius 1 is 1.45 bits per heavy atom. The molecule has 0 saturated carbocycles. The van der Waals surface area contributed by atoms with Crippen LogP contribution in [0.3, 0.4) is 0 Å². The first kappa shape index (κ1) is 14.1. The fourth-order valence-electron chi connectivity index (χ4n) is 1.75. The number of nitrogen functional groups attached to an aromatic ring is 1. The molecular weight excluding hydrogens is 279 g/mol. The van der Waals surface area contributed by atoms with Crippen LogP contribution in [-0.4, -0.2) is 21.2 Å². The summed E-state index contributed by atoms with van der Waals surface area (Å²) in [5.41, 5.74) is 5.36. The van der Waals surface area contributed by atoms with Gasteiger partial charge in [0.05, 0.1) is 6.20 Å². The van der Waals surface area contributed by atoms with Crippen LogP contribution in [0.15, 0.2) is 41.3 Å². The highest BCUT2D eigenvalue weighted by Crippen LogP contribution is 2.14. The molecule has 0 atom stereocenters. The minimum Gasteiger partial charge on any atom is -0.381 e. The monoisotopic (exact) mass is 292 g/mol. The van der Waals surface area contributed by atoms with E-state index in [0.29, 0.717) is 6.54 Å². The number of benzene rings is 1. The predicted octanol–water partition coefficient (Wildman–Crippen LogP) is 1.62. The maximum Gasteiger partial charge on any atom is 0.356 e. The average molecular weight is 292 g/mol. The summed E-state index contributed by atoms with van der Waals surface area (Å²) < 4.78 is 14.4. The number of nitrogens with zero attached hydrogens (tertiary/aromatic N) is 3. The van der Waals surface area contributed by atoms with Crippen molar-refractivity contribution in [3.05, 3.63) is 52.8 Å². The maximum atomic E-state index is 13.5. The van der Waals surface area contributed by atoms with Crippen LogP contribution in [0.2, 0.25) is 0 Å². The number of nitrogens with two attached hydrogens (primary N) is 1. The number of halogens is 1. The number of thiocarbonyl (C=S) groups is 1. The van der Waals surface area contributed by atoms with E-state index < -0.39 is 17.3 Å². The van der Waals surface area contributed by atoms with Crippen LogP contribution in [0.25, 0.3) is 0 Å². The van der Waals surface area contributed by atoms with Crippen LogP contribution in [-0.2, 0) is 0 Å². The van der Waals surface area contributed by atoms with Gasteiger partial charge in [-0.3, -0.25) is 0 Å². The highest BCUT2D eigenvalue weighted by atomic mass is 32.1. The van der Waals surface area contributed by atoms with E-state index in [9.17, 15) is 9.18 Å². The topological polar surface area (TPSA) is 64.2 Å². The normalized spacial score (nSPS) is 10.3. The SMILES string of the molecule is CCN(C(=S)n1cc(F)c(N)nc1=O)c1ccccc1. The molecule has 1 aromatic carbocycles. The van der Waals surface area contributed by atoms with Crippen molar-refractivity contribution in [2.45, 2.75) is 6.92 Å². The third-order valence-electron chi connectivity index (χ3n) is 2.73. The van der Waals surface area contributed by atoms with Crippen LogP contribution < -0.4 is 16.3 Å². The molecule has 0 saturated heterocycles. The summed E-state index contributed by atoms with van der Waals surface area (Å²) in [5.74, 6) is -1.21. The molecule has 2 aromatic rings. The summed E-state index contributed by atoms with van der Waals surface area (Å²) in [6.45, 7) is 2.41. The summed E-state index contributed by atoms with van der Waals surface area (Å²) in [4.78, 5) is 16.9. The van der Waals surface area contributed by atoms with Gasteiger partial charge in [0, 0.05) is 12.2 Å². The van der Waals surface area contributed by atoms with Crippen LogP contribution in [0.4, 0.5) is 15.9 Å². The van der Waals surface area contributed by atoms with Crippen molar-refractivity contribution >= 4 is 28.8 Å². The molecule has 2 N–H and O–H groups in total. The Bertz CT molecular complexity index is 687. The van der Waals surface area contributed by atoms with Gasteiger partial charge in [0.2, 0.25) is 0 Å². The Morgan fingerprint density at radius 2 is 2.10 bits per heavy atom. The molecule has 7 heteroatoms. The summed E-state index contributed by atoms with van der Waals surface area (Å²) in [5, 5.41) is 0.148. The van der Waals surface area contributed by atoms with Crippen molar-refractivity contribution in [3.63, 3.8) is 0 Å². The Labute approximate surface area is 120 Å². The predicted molar refractivity (Wildman–Crippen MR) is 80.3 cm³/mol. The van der Waals surface area contributed by atoms with Crippen LogP contribution in [0, 0.1) is 5.82 Å². The molecule has 0 radical (unpaired) electrons. The number of rotatable bonds is 2. The second kappa shape index (κ2) is 5.79. The smallest absolute Gasteiger partial charge is 0.356 e. The van der Waals surface area contributed by atoms with Crippen molar-refractivity contribution in [2.75, 3.05) is 17.2 Å². The minimum absolute atomic E-state index is 0.148. The lowest BCUT2D eigenvalue weighted by Gasteiger charge is -2.24. The molecule has 0 aliphatic rings. The van der Waals surface area contributed by atoms with E-state index in [2.05, 4.69) is 4.98 Å². The second-order valence-electron chi connectivity index (χ2n) is 3.99. The summed E-state index contributed by atoms with van der Waals surface area (Å²) in [7, 11) is 0. The zero-order valence-corrected chi connectivity index (χ0v) is 11.6. The molecule has 1 heterocycles. The van der Waals surface area contributed by atoms with E-state index in [0.717, 1.165) is 16.5 Å². The molecular formula is C13H13FN4OS. The van der Waals surface area contributed by atoms with Crippen molar-refractivity contribution in [1.29, 1.82) is 0 Å². The Kier molecular flexibility index (Phi) is 4.09. The Balaban J connectivity index is 2.45. The highest BCUT2D eigenvalue weighted by molar-refractivity contribution is 7.80. The van der Waals surface area contributed by atoms with E-state index in [1.54, 1.807) is 4.90 Å². The average Bonchev–Trinajstić information content (AvgIpc) is 2.44. The van der Waals surface area contributed by atoms with Gasteiger partial charge in [0.1, 0.15) is 0 Å². The maximum absolute atomic E-state index is 13.5. The third-order valence-corrected chi connectivity index (χ3v) is 3.15. The van der Waals surface area contributed by atoms with Gasteiger partial charge in [-0.25, -0.2) is 13.8 Å². The summed E-state index contributed by atoms with van der Waals surface area (Å²) in [6, 6.07) is 9.28. The molecule has 0 unspecified atom stereocenters. The van der Waals surface area contributed by atoms with E-state index in [4.69, 9.17) is 18.0 Å². The van der Waals surface area contributed by atoms with Gasteiger partial charge >= 0.3 is 5.69 Å². The standard InChI is InChI=1S/C13H13FN4OS/c1-2-17(9-6-4-3-5-7-9)13(20)18-8-10(14)11(15)16-12(18)19/h3-8H,2H2,1H3,(H2,15,16,19). The number of para-hydroxylation sites is 1. The molecule has 0 amide bonds. The fraction of sp³-hybridized carbons (Fsp3) is 0.154. The zero-order chi connectivity index (χ0) is 14.7. The van der Waals surface area contributed by atoms with Gasteiger partial charge in [-0.15, -0.1) is 0 Å². The fourth-order valence-corrected chi connectivity index (χ4v) is 2.11. The molecule has 104 valence electrons. The molecule has 0 aliphatic carbocycles. The number of aromatic nitrogens is 2. The Morgan fingerprint density at radius 3 is 2.70 bits per heavy atom. The second-order valence-corrected chi connectivity index (χ2v) is 4.35. The van der Waals surface area contributed by atoms with Gasteiger partial charge < -0.3 is 10.6 Å². The first-order valence-corrected chi connectivity index (χ1v) is 6.37. The quantitative estimate of drug-likeness (QED) is 0.852. The molecule has 0 spiro atoms. The summed E-state index contributed by atoms with van der Waals surface area (Å²) in [6.07, 6.45) is 0.957. The minimum atomic E-state index is -0.781. The molecule has 2 rings (SSSR count). The van der Waals surface area contributed by atoms with Crippen LogP contribution >= 0.6 is 12.2 Å². The van der Waals surface area contributed by atoms with E-state index in [1.165, 1.54) is 0 Å². The highest BCUT2D eigenvalue weighted by Gasteiger charge is 2.15. The zero-order valence-electron chi connectivity index (χ0n) is 10.8. The van der Waals surface area contributed by atoms with Crippen molar-refractivity contribution in [3.8, 4) is 0 Å². The van der Waals surface area contributed by atoms with Gasteiger partial charge in [-0.1, -0.05) is 18.2 Å². The van der Waals surface area contributed by atoms with E-state index >= 15 is 0 Å². The third kappa shape index (κ3) is 2.67. The van der Waals surface area contributed by atoms with Crippen molar-refractivity contribution < 1.29 is 4.39 Å².